The third kappa shape index (κ3) is 5.66. The molecule has 1 aromatic rings. The number of rotatable bonds is 7. The monoisotopic (exact) mass is 419 g/mol. The summed E-state index contributed by atoms with van der Waals surface area (Å²) in [6.07, 6.45) is -3.49. The molecule has 0 aromatic heterocycles. The van der Waals surface area contributed by atoms with Crippen LogP contribution in [0.1, 0.15) is 33.3 Å². The fourth-order valence-corrected chi connectivity index (χ4v) is 3.28. The minimum absolute atomic E-state index is 0.0491. The molecule has 0 N–H and O–H groups in total. The lowest BCUT2D eigenvalue weighted by atomic mass is 10.1. The molecule has 9 nitrogen and oxygen atoms in total. The molecule has 1 aliphatic carbocycles. The van der Waals surface area contributed by atoms with Crippen molar-refractivity contribution in [3.8, 4) is 0 Å². The van der Waals surface area contributed by atoms with Crippen LogP contribution in [0, 0.1) is 0 Å². The van der Waals surface area contributed by atoms with Gasteiger partial charge < -0.3 is 14.2 Å². The van der Waals surface area contributed by atoms with Crippen molar-refractivity contribution in [1.82, 2.24) is 5.06 Å². The maximum atomic E-state index is 12.4. The van der Waals surface area contributed by atoms with Crippen LogP contribution >= 0.6 is 0 Å². The number of esters is 3. The van der Waals surface area contributed by atoms with Crippen LogP contribution in [0.4, 0.5) is 0 Å². The van der Waals surface area contributed by atoms with E-state index >= 15 is 0 Å². The van der Waals surface area contributed by atoms with Gasteiger partial charge in [-0.3, -0.25) is 24.0 Å². The predicted molar refractivity (Wildman–Crippen MR) is 103 cm³/mol. The number of carbonyl (C=O) groups excluding carboxylic acids is 4. The van der Waals surface area contributed by atoms with E-state index < -0.39 is 48.2 Å². The summed E-state index contributed by atoms with van der Waals surface area (Å²) >= 11 is 0. The molecule has 0 spiro atoms. The molecule has 0 unspecified atom stereocenters. The molecule has 1 aromatic carbocycles. The summed E-state index contributed by atoms with van der Waals surface area (Å²) in [7, 11) is 0. The summed E-state index contributed by atoms with van der Waals surface area (Å²) < 4.78 is 15.9. The number of amides is 1. The second-order valence-corrected chi connectivity index (χ2v) is 6.80. The van der Waals surface area contributed by atoms with Crippen LogP contribution in [0.2, 0.25) is 0 Å². The van der Waals surface area contributed by atoms with Crippen LogP contribution in [0.3, 0.4) is 0 Å². The smallest absolute Gasteiger partial charge is 0.303 e. The molecule has 1 aliphatic rings. The van der Waals surface area contributed by atoms with Gasteiger partial charge in [0.25, 0.3) is 0 Å². The fraction of sp³-hybridized carbons (Fsp3) is 0.429. The van der Waals surface area contributed by atoms with Gasteiger partial charge in [-0.25, -0.2) is 5.06 Å². The molecule has 0 radical (unpaired) electrons. The quantitative estimate of drug-likeness (QED) is 0.284. The molecule has 1 fully saturated rings. The number of carbonyl (C=O) groups is 4. The van der Waals surface area contributed by atoms with Crippen LogP contribution in [0.5, 0.6) is 0 Å². The van der Waals surface area contributed by atoms with E-state index in [9.17, 15) is 19.2 Å². The summed E-state index contributed by atoms with van der Waals surface area (Å²) in [5.74, 6) is -2.51. The lowest BCUT2D eigenvalue weighted by Crippen LogP contribution is -2.48. The van der Waals surface area contributed by atoms with E-state index in [2.05, 4.69) is 6.58 Å². The summed E-state index contributed by atoms with van der Waals surface area (Å²) in [6, 6.07) is 8.07. The Labute approximate surface area is 174 Å². The number of hydroxylamine groups is 2. The Morgan fingerprint density at radius 2 is 1.40 bits per heavy atom. The average Bonchev–Trinajstić information content (AvgIpc) is 2.87. The van der Waals surface area contributed by atoms with Gasteiger partial charge in [0.05, 0.1) is 0 Å². The van der Waals surface area contributed by atoms with Crippen molar-refractivity contribution < 1.29 is 38.2 Å². The average molecular weight is 419 g/mol. The lowest BCUT2D eigenvalue weighted by molar-refractivity contribution is -0.216. The normalized spacial score (nSPS) is 22.9. The Balaban J connectivity index is 2.40. The first-order valence-corrected chi connectivity index (χ1v) is 9.28. The van der Waals surface area contributed by atoms with Crippen molar-refractivity contribution in [3.05, 3.63) is 48.0 Å². The largest absolute Gasteiger partial charge is 0.456 e. The standard InChI is InChI=1S/C21H25NO8/c1-12-18(22(13(2)23)27-11-17-9-7-6-8-10-17)20(29-15(4)25)21(30-16(5)26)19(12)28-14(3)24/h6-10,18-21H,1,11H2,2-5H3/t18-,19-,20+,21-/m0/s1. The molecule has 1 saturated carbocycles. The van der Waals surface area contributed by atoms with Crippen molar-refractivity contribution in [2.75, 3.05) is 0 Å². The number of benzene rings is 1. The van der Waals surface area contributed by atoms with Crippen molar-refractivity contribution in [2.45, 2.75) is 58.7 Å². The van der Waals surface area contributed by atoms with Gasteiger partial charge in [0, 0.05) is 27.7 Å². The lowest BCUT2D eigenvalue weighted by Gasteiger charge is -2.31. The Morgan fingerprint density at radius 3 is 1.90 bits per heavy atom. The number of ether oxygens (including phenoxy) is 3. The summed E-state index contributed by atoms with van der Waals surface area (Å²) in [6.45, 7) is 8.75. The molecule has 30 heavy (non-hydrogen) atoms. The van der Waals surface area contributed by atoms with Gasteiger partial charge in [0.2, 0.25) is 5.91 Å². The van der Waals surface area contributed by atoms with Crippen molar-refractivity contribution in [3.63, 3.8) is 0 Å². The van der Waals surface area contributed by atoms with Gasteiger partial charge in [-0.2, -0.15) is 0 Å². The fourth-order valence-electron chi connectivity index (χ4n) is 3.28. The zero-order chi connectivity index (χ0) is 22.4. The molecule has 0 heterocycles. The van der Waals surface area contributed by atoms with E-state index in [1.54, 1.807) is 0 Å². The molecular formula is C21H25NO8. The minimum Gasteiger partial charge on any atom is -0.456 e. The number of hydrogen-bond acceptors (Lipinski definition) is 8. The third-order valence-corrected chi connectivity index (χ3v) is 4.35. The number of nitrogens with zero attached hydrogens (tertiary/aromatic N) is 1. The Kier molecular flexibility index (Phi) is 7.71. The third-order valence-electron chi connectivity index (χ3n) is 4.35. The molecule has 2 rings (SSSR count). The van der Waals surface area contributed by atoms with Crippen LogP contribution < -0.4 is 0 Å². The van der Waals surface area contributed by atoms with Crippen LogP contribution in [0.15, 0.2) is 42.5 Å². The molecular weight excluding hydrogens is 394 g/mol. The van der Waals surface area contributed by atoms with Gasteiger partial charge in [0.15, 0.2) is 18.3 Å². The van der Waals surface area contributed by atoms with Crippen molar-refractivity contribution >= 4 is 23.8 Å². The summed E-state index contributed by atoms with van der Waals surface area (Å²) in [5, 5.41) is 1.00. The van der Waals surface area contributed by atoms with E-state index in [1.165, 1.54) is 27.7 Å². The second kappa shape index (κ2) is 10.0. The molecule has 9 heteroatoms. The zero-order valence-corrected chi connectivity index (χ0v) is 17.3. The van der Waals surface area contributed by atoms with E-state index in [4.69, 9.17) is 19.0 Å². The van der Waals surface area contributed by atoms with Crippen molar-refractivity contribution in [1.29, 1.82) is 0 Å². The predicted octanol–water partition coefficient (Wildman–Crippen LogP) is 1.70. The molecule has 1 amide bonds. The molecule has 162 valence electrons. The Morgan fingerprint density at radius 1 is 0.867 bits per heavy atom. The second-order valence-electron chi connectivity index (χ2n) is 6.80. The zero-order valence-electron chi connectivity index (χ0n) is 17.3. The van der Waals surface area contributed by atoms with Gasteiger partial charge in [-0.1, -0.05) is 36.9 Å². The van der Waals surface area contributed by atoms with E-state index in [-0.39, 0.29) is 12.2 Å². The SMILES string of the molecule is C=C1[C@H](OC(C)=O)[C@H](OC(C)=O)[C@H](OC(C)=O)[C@H]1N(OCc1ccccc1)C(C)=O. The first kappa shape index (κ1) is 23.1. The topological polar surface area (TPSA) is 108 Å². The highest BCUT2D eigenvalue weighted by atomic mass is 16.7. The highest BCUT2D eigenvalue weighted by molar-refractivity contribution is 5.74. The number of hydrogen-bond donors (Lipinski definition) is 0. The maximum absolute atomic E-state index is 12.4. The Bertz CT molecular complexity index is 822. The molecule has 0 bridgehead atoms. The molecule has 0 aliphatic heterocycles. The molecule has 4 atom stereocenters. The highest BCUT2D eigenvalue weighted by Crippen LogP contribution is 2.36. The summed E-state index contributed by atoms with van der Waals surface area (Å²) in [4.78, 5) is 53.1. The van der Waals surface area contributed by atoms with Gasteiger partial charge in [0.1, 0.15) is 12.6 Å². The van der Waals surface area contributed by atoms with Gasteiger partial charge >= 0.3 is 17.9 Å². The van der Waals surface area contributed by atoms with E-state index in [0.29, 0.717) is 0 Å². The first-order valence-electron chi connectivity index (χ1n) is 9.28. The van der Waals surface area contributed by atoms with Crippen LogP contribution in [0.25, 0.3) is 0 Å². The first-order chi connectivity index (χ1) is 14.1. The van der Waals surface area contributed by atoms with Gasteiger partial charge in [-0.05, 0) is 11.1 Å². The van der Waals surface area contributed by atoms with Crippen LogP contribution in [-0.2, 0) is 44.8 Å². The van der Waals surface area contributed by atoms with Crippen LogP contribution in [-0.4, -0.2) is 53.2 Å². The minimum atomic E-state index is -1.19. The highest BCUT2D eigenvalue weighted by Gasteiger charge is 2.55. The molecule has 0 saturated heterocycles. The van der Waals surface area contributed by atoms with E-state index in [0.717, 1.165) is 10.6 Å². The van der Waals surface area contributed by atoms with Crippen molar-refractivity contribution in [2.24, 2.45) is 0 Å². The van der Waals surface area contributed by atoms with Gasteiger partial charge in [-0.15, -0.1) is 0 Å². The summed E-state index contributed by atoms with van der Waals surface area (Å²) in [5.41, 5.74) is 0.996. The Hall–Kier alpha value is -3.20. The van der Waals surface area contributed by atoms with E-state index in [1.807, 2.05) is 30.3 Å². The maximum Gasteiger partial charge on any atom is 0.303 e.